The normalized spacial score (nSPS) is 27.6. The Hall–Kier alpha value is -1.93. The molecule has 3 aliphatic heterocycles. The number of hydrogen-bond acceptors (Lipinski definition) is 5. The van der Waals surface area contributed by atoms with Crippen LogP contribution in [0.2, 0.25) is 0 Å². The van der Waals surface area contributed by atoms with E-state index in [0.29, 0.717) is 51.1 Å². The molecule has 140 valence electrons. The van der Waals surface area contributed by atoms with Crippen LogP contribution in [-0.4, -0.2) is 37.7 Å². The zero-order valence-electron chi connectivity index (χ0n) is 14.1. The molecule has 1 amide bonds. The lowest BCUT2D eigenvalue weighted by Crippen LogP contribution is -2.44. The van der Waals surface area contributed by atoms with E-state index in [1.165, 1.54) is 12.1 Å². The van der Waals surface area contributed by atoms with Crippen LogP contribution in [0.15, 0.2) is 18.2 Å². The van der Waals surface area contributed by atoms with Crippen LogP contribution in [0.4, 0.5) is 14.5 Å². The molecule has 1 saturated carbocycles. The molecular formula is C18H19F2NO5. The molecule has 2 saturated heterocycles. The molecule has 26 heavy (non-hydrogen) atoms. The van der Waals surface area contributed by atoms with Crippen LogP contribution in [0.5, 0.6) is 11.5 Å². The van der Waals surface area contributed by atoms with E-state index in [9.17, 15) is 13.6 Å². The van der Waals surface area contributed by atoms with Gasteiger partial charge in [-0.2, -0.15) is 0 Å². The van der Waals surface area contributed by atoms with Gasteiger partial charge >= 0.3 is 6.29 Å². The maximum Gasteiger partial charge on any atom is 0.586 e. The molecule has 3 heterocycles. The first-order valence-electron chi connectivity index (χ1n) is 8.90. The number of nitrogens with zero attached hydrogens (tertiary/aromatic N) is 1. The summed E-state index contributed by atoms with van der Waals surface area (Å²) in [5, 5.41) is 0. The van der Waals surface area contributed by atoms with Gasteiger partial charge in [-0.25, -0.2) is 0 Å². The van der Waals surface area contributed by atoms with Gasteiger partial charge < -0.3 is 23.8 Å². The van der Waals surface area contributed by atoms with Crippen molar-refractivity contribution >= 4 is 11.6 Å². The highest BCUT2D eigenvalue weighted by Crippen LogP contribution is 2.51. The third-order valence-electron chi connectivity index (χ3n) is 5.99. The van der Waals surface area contributed by atoms with Crippen LogP contribution in [0, 0.1) is 5.41 Å². The molecule has 1 aromatic rings. The molecular weight excluding hydrogens is 348 g/mol. The third kappa shape index (κ3) is 2.39. The number of anilines is 1. The van der Waals surface area contributed by atoms with E-state index in [2.05, 4.69) is 9.47 Å². The molecule has 1 aromatic carbocycles. The van der Waals surface area contributed by atoms with Gasteiger partial charge in [0.2, 0.25) is 5.91 Å². The summed E-state index contributed by atoms with van der Waals surface area (Å²) in [5.41, 5.74) is 0.140. The second kappa shape index (κ2) is 5.29. The van der Waals surface area contributed by atoms with Crippen molar-refractivity contribution in [2.24, 2.45) is 5.41 Å². The fourth-order valence-corrected chi connectivity index (χ4v) is 4.53. The minimum Gasteiger partial charge on any atom is -0.395 e. The SMILES string of the molecule is O=C1N(c2ccc3c(c2)OC(F)(F)O3)CCC12CCC1(CC2)OCCO1. The maximum absolute atomic E-state index is 13.2. The number of carbonyl (C=O) groups is 1. The number of benzene rings is 1. The number of carbonyl (C=O) groups excluding carboxylic acids is 1. The van der Waals surface area contributed by atoms with Crippen molar-refractivity contribution in [1.29, 1.82) is 0 Å². The largest absolute Gasteiger partial charge is 0.586 e. The molecule has 0 radical (unpaired) electrons. The lowest BCUT2D eigenvalue weighted by molar-refractivity contribution is -0.286. The first-order chi connectivity index (χ1) is 12.4. The summed E-state index contributed by atoms with van der Waals surface area (Å²) < 4.78 is 46.8. The molecule has 0 aromatic heterocycles. The fraction of sp³-hybridized carbons (Fsp3) is 0.611. The molecule has 8 heteroatoms. The van der Waals surface area contributed by atoms with Crippen molar-refractivity contribution < 1.29 is 32.5 Å². The Kier molecular flexibility index (Phi) is 3.31. The quantitative estimate of drug-likeness (QED) is 0.764. The van der Waals surface area contributed by atoms with Gasteiger partial charge in [0.25, 0.3) is 0 Å². The van der Waals surface area contributed by atoms with Gasteiger partial charge in [0.05, 0.1) is 18.6 Å². The van der Waals surface area contributed by atoms with E-state index in [0.717, 1.165) is 6.42 Å². The second-order valence-corrected chi connectivity index (χ2v) is 7.39. The van der Waals surface area contributed by atoms with Crippen molar-refractivity contribution in [3.05, 3.63) is 18.2 Å². The van der Waals surface area contributed by atoms with Crippen LogP contribution in [-0.2, 0) is 14.3 Å². The first-order valence-corrected chi connectivity index (χ1v) is 8.90. The van der Waals surface area contributed by atoms with Crippen LogP contribution >= 0.6 is 0 Å². The van der Waals surface area contributed by atoms with Crippen LogP contribution in [0.25, 0.3) is 0 Å². The summed E-state index contributed by atoms with van der Waals surface area (Å²) >= 11 is 0. The van der Waals surface area contributed by atoms with Crippen molar-refractivity contribution in [3.63, 3.8) is 0 Å². The van der Waals surface area contributed by atoms with E-state index < -0.39 is 17.5 Å². The van der Waals surface area contributed by atoms with Crippen LogP contribution in [0.1, 0.15) is 32.1 Å². The molecule has 0 bridgehead atoms. The first kappa shape index (κ1) is 16.3. The topological polar surface area (TPSA) is 57.2 Å². The summed E-state index contributed by atoms with van der Waals surface area (Å²) in [7, 11) is 0. The number of rotatable bonds is 1. The summed E-state index contributed by atoms with van der Waals surface area (Å²) in [4.78, 5) is 14.8. The Labute approximate surface area is 148 Å². The highest BCUT2D eigenvalue weighted by Gasteiger charge is 2.54. The second-order valence-electron chi connectivity index (χ2n) is 7.39. The zero-order chi connectivity index (χ0) is 18.0. The Morgan fingerprint density at radius 2 is 1.62 bits per heavy atom. The van der Waals surface area contributed by atoms with E-state index in [1.54, 1.807) is 11.0 Å². The van der Waals surface area contributed by atoms with E-state index in [1.807, 2.05) is 0 Å². The molecule has 0 N–H and O–H groups in total. The molecule has 2 spiro atoms. The van der Waals surface area contributed by atoms with Gasteiger partial charge in [-0.05, 0) is 31.4 Å². The maximum atomic E-state index is 13.2. The minimum absolute atomic E-state index is 0.0183. The highest BCUT2D eigenvalue weighted by atomic mass is 19.3. The molecule has 1 aliphatic carbocycles. The number of ether oxygens (including phenoxy) is 4. The van der Waals surface area contributed by atoms with Crippen LogP contribution in [0.3, 0.4) is 0 Å². The standard InChI is InChI=1S/C18H19F2NO5/c19-18(20)25-13-2-1-12(11-14(13)26-18)21-8-7-16(15(21)22)3-5-17(6-4-16)23-9-10-24-17/h1-2,11H,3-10H2. The predicted octanol–water partition coefficient (Wildman–Crippen LogP) is 3.05. The zero-order valence-corrected chi connectivity index (χ0v) is 14.1. The van der Waals surface area contributed by atoms with Gasteiger partial charge in [0, 0.05) is 31.1 Å². The predicted molar refractivity (Wildman–Crippen MR) is 85.2 cm³/mol. The van der Waals surface area contributed by atoms with Crippen molar-refractivity contribution in [2.45, 2.75) is 44.2 Å². The fourth-order valence-electron chi connectivity index (χ4n) is 4.53. The van der Waals surface area contributed by atoms with Crippen LogP contribution < -0.4 is 14.4 Å². The average Bonchev–Trinajstić information content (AvgIpc) is 3.27. The minimum atomic E-state index is -3.66. The summed E-state index contributed by atoms with van der Waals surface area (Å²) in [5.74, 6) is -0.536. The Bertz CT molecular complexity index is 752. The van der Waals surface area contributed by atoms with Gasteiger partial charge in [-0.1, -0.05) is 0 Å². The van der Waals surface area contributed by atoms with Crippen molar-refractivity contribution in [3.8, 4) is 11.5 Å². The molecule has 3 fully saturated rings. The van der Waals surface area contributed by atoms with Crippen molar-refractivity contribution in [1.82, 2.24) is 0 Å². The summed E-state index contributed by atoms with van der Waals surface area (Å²) in [6.07, 6.45) is -0.0710. The summed E-state index contributed by atoms with van der Waals surface area (Å²) in [6, 6.07) is 4.48. The smallest absolute Gasteiger partial charge is 0.395 e. The molecule has 6 nitrogen and oxygen atoms in total. The van der Waals surface area contributed by atoms with Gasteiger partial charge in [0.1, 0.15) is 0 Å². The monoisotopic (exact) mass is 367 g/mol. The third-order valence-corrected chi connectivity index (χ3v) is 5.99. The lowest BCUT2D eigenvalue weighted by atomic mass is 9.71. The molecule has 5 rings (SSSR count). The highest BCUT2D eigenvalue weighted by molar-refractivity contribution is 6.00. The Morgan fingerprint density at radius 1 is 0.923 bits per heavy atom. The number of halogens is 2. The molecule has 0 unspecified atom stereocenters. The van der Waals surface area contributed by atoms with Crippen molar-refractivity contribution in [2.75, 3.05) is 24.7 Å². The number of fused-ring (bicyclic) bond motifs is 1. The Morgan fingerprint density at radius 3 is 2.35 bits per heavy atom. The Balaban J connectivity index is 1.35. The average molecular weight is 367 g/mol. The number of amides is 1. The molecule has 0 atom stereocenters. The summed E-state index contributed by atoms with van der Waals surface area (Å²) in [6.45, 7) is 1.77. The van der Waals surface area contributed by atoms with E-state index in [4.69, 9.17) is 9.47 Å². The van der Waals surface area contributed by atoms with E-state index in [-0.39, 0.29) is 17.4 Å². The number of alkyl halides is 2. The molecule has 4 aliphatic rings. The van der Waals surface area contributed by atoms with Gasteiger partial charge in [0.15, 0.2) is 17.3 Å². The van der Waals surface area contributed by atoms with E-state index >= 15 is 0 Å². The number of hydrogen-bond donors (Lipinski definition) is 0. The lowest BCUT2D eigenvalue weighted by Gasteiger charge is -2.40. The van der Waals surface area contributed by atoms with Gasteiger partial charge in [-0.15, -0.1) is 8.78 Å². The van der Waals surface area contributed by atoms with Gasteiger partial charge in [-0.3, -0.25) is 4.79 Å².